The maximum Gasteiger partial charge on any atom is 0.166 e. The molecule has 4 heteroatoms. The zero-order chi connectivity index (χ0) is 15.2. The van der Waals surface area contributed by atoms with Crippen molar-refractivity contribution in [2.75, 3.05) is 26.8 Å². The van der Waals surface area contributed by atoms with E-state index in [9.17, 15) is 5.11 Å². The van der Waals surface area contributed by atoms with Crippen molar-refractivity contribution in [1.29, 1.82) is 0 Å². The summed E-state index contributed by atoms with van der Waals surface area (Å²) in [5.74, 6) is 2.13. The summed E-state index contributed by atoms with van der Waals surface area (Å²) in [7, 11) is 1.68. The lowest BCUT2D eigenvalue weighted by Crippen LogP contribution is -2.34. The number of rotatable bonds is 6. The predicted molar refractivity (Wildman–Crippen MR) is 83.8 cm³/mol. The molecule has 21 heavy (non-hydrogen) atoms. The molecule has 1 aliphatic rings. The Labute approximate surface area is 127 Å². The van der Waals surface area contributed by atoms with Crippen LogP contribution in [0.25, 0.3) is 0 Å². The van der Waals surface area contributed by atoms with Crippen LogP contribution in [0.1, 0.15) is 32.3 Å². The van der Waals surface area contributed by atoms with Crippen LogP contribution in [0.15, 0.2) is 18.2 Å². The summed E-state index contributed by atoms with van der Waals surface area (Å²) >= 11 is 0. The van der Waals surface area contributed by atoms with Gasteiger partial charge in [0.05, 0.1) is 13.2 Å². The number of methoxy groups -OCH3 is 1. The fourth-order valence-electron chi connectivity index (χ4n) is 2.78. The molecular formula is C17H27NO3. The molecule has 0 bridgehead atoms. The molecule has 2 rings (SSSR count). The average Bonchev–Trinajstić information content (AvgIpc) is 2.49. The molecule has 1 N–H and O–H groups in total. The maximum absolute atomic E-state index is 9.22. The molecule has 0 aromatic heterocycles. The third-order valence-electron chi connectivity index (χ3n) is 3.99. The number of piperidine rings is 1. The van der Waals surface area contributed by atoms with Crippen LogP contribution < -0.4 is 9.47 Å². The molecule has 1 aromatic carbocycles. The first-order valence-corrected chi connectivity index (χ1v) is 7.79. The molecule has 4 nitrogen and oxygen atoms in total. The van der Waals surface area contributed by atoms with Crippen molar-refractivity contribution < 1.29 is 14.6 Å². The van der Waals surface area contributed by atoms with Gasteiger partial charge in [-0.3, -0.25) is 4.90 Å². The highest BCUT2D eigenvalue weighted by Gasteiger charge is 2.20. The van der Waals surface area contributed by atoms with Crippen LogP contribution >= 0.6 is 0 Å². The summed E-state index contributed by atoms with van der Waals surface area (Å²) in [5, 5.41) is 9.22. The molecule has 0 unspecified atom stereocenters. The maximum atomic E-state index is 9.22. The minimum absolute atomic E-state index is 0.125. The van der Waals surface area contributed by atoms with Crippen molar-refractivity contribution in [2.45, 2.75) is 39.3 Å². The van der Waals surface area contributed by atoms with Gasteiger partial charge in [-0.25, -0.2) is 0 Å². The van der Waals surface area contributed by atoms with Gasteiger partial charge in [0.2, 0.25) is 0 Å². The molecule has 1 fully saturated rings. The molecule has 0 amide bonds. The Morgan fingerprint density at radius 2 is 2.00 bits per heavy atom. The van der Waals surface area contributed by atoms with Crippen LogP contribution in [-0.2, 0) is 6.54 Å². The van der Waals surface area contributed by atoms with Crippen LogP contribution in [-0.4, -0.2) is 42.9 Å². The minimum atomic E-state index is 0.125. The normalized spacial score (nSPS) is 17.2. The molecule has 1 saturated heterocycles. The molecule has 1 aromatic rings. The number of benzene rings is 1. The SMILES string of the molecule is COc1cccc(CN2CCC(CO)CC2)c1OC(C)C. The van der Waals surface area contributed by atoms with Gasteiger partial charge in [-0.1, -0.05) is 12.1 Å². The molecule has 0 spiro atoms. The standard InChI is InChI=1S/C17H27NO3/c1-13(2)21-17-15(5-4-6-16(17)20-3)11-18-9-7-14(12-19)8-10-18/h4-6,13-14,19H,7-12H2,1-3H3. The summed E-state index contributed by atoms with van der Waals surface area (Å²) in [4.78, 5) is 2.42. The molecule has 1 heterocycles. The van der Waals surface area contributed by atoms with E-state index in [1.165, 1.54) is 5.56 Å². The highest BCUT2D eigenvalue weighted by Crippen LogP contribution is 2.33. The smallest absolute Gasteiger partial charge is 0.166 e. The van der Waals surface area contributed by atoms with Gasteiger partial charge in [0.15, 0.2) is 11.5 Å². The lowest BCUT2D eigenvalue weighted by molar-refractivity contribution is 0.125. The van der Waals surface area contributed by atoms with Crippen molar-refractivity contribution in [1.82, 2.24) is 4.90 Å². The fraction of sp³-hybridized carbons (Fsp3) is 0.647. The number of hydrogen-bond acceptors (Lipinski definition) is 4. The zero-order valence-electron chi connectivity index (χ0n) is 13.3. The summed E-state index contributed by atoms with van der Waals surface area (Å²) in [6.07, 6.45) is 2.27. The van der Waals surface area contributed by atoms with Crippen molar-refractivity contribution >= 4 is 0 Å². The van der Waals surface area contributed by atoms with Gasteiger partial charge in [0.1, 0.15) is 0 Å². The van der Waals surface area contributed by atoms with Gasteiger partial charge in [-0.15, -0.1) is 0 Å². The first-order chi connectivity index (χ1) is 10.1. The predicted octanol–water partition coefficient (Wildman–Crippen LogP) is 2.69. The highest BCUT2D eigenvalue weighted by molar-refractivity contribution is 5.46. The number of para-hydroxylation sites is 1. The topological polar surface area (TPSA) is 41.9 Å². The largest absolute Gasteiger partial charge is 0.493 e. The summed E-state index contributed by atoms with van der Waals surface area (Å²) < 4.78 is 11.4. The van der Waals surface area contributed by atoms with Gasteiger partial charge in [-0.05, 0) is 51.8 Å². The number of aliphatic hydroxyl groups is 1. The number of ether oxygens (including phenoxy) is 2. The lowest BCUT2D eigenvalue weighted by atomic mass is 9.97. The summed E-state index contributed by atoms with van der Waals surface area (Å²) in [5.41, 5.74) is 1.17. The Hall–Kier alpha value is -1.26. The monoisotopic (exact) mass is 293 g/mol. The van der Waals surface area contributed by atoms with E-state index in [2.05, 4.69) is 11.0 Å². The van der Waals surface area contributed by atoms with Crippen molar-refractivity contribution in [3.63, 3.8) is 0 Å². The van der Waals surface area contributed by atoms with Crippen LogP contribution in [0.2, 0.25) is 0 Å². The first-order valence-electron chi connectivity index (χ1n) is 7.79. The Balaban J connectivity index is 2.08. The lowest BCUT2D eigenvalue weighted by Gasteiger charge is -2.31. The molecule has 1 aliphatic heterocycles. The van der Waals surface area contributed by atoms with Crippen molar-refractivity contribution in [3.8, 4) is 11.5 Å². The fourth-order valence-corrected chi connectivity index (χ4v) is 2.78. The highest BCUT2D eigenvalue weighted by atomic mass is 16.5. The zero-order valence-corrected chi connectivity index (χ0v) is 13.3. The quantitative estimate of drug-likeness (QED) is 0.875. The summed E-state index contributed by atoms with van der Waals surface area (Å²) in [6.45, 7) is 7.31. The molecule has 0 radical (unpaired) electrons. The van der Waals surface area contributed by atoms with E-state index >= 15 is 0 Å². The second-order valence-corrected chi connectivity index (χ2v) is 6.02. The van der Waals surface area contributed by atoms with Gasteiger partial charge >= 0.3 is 0 Å². The second-order valence-electron chi connectivity index (χ2n) is 6.02. The third-order valence-corrected chi connectivity index (χ3v) is 3.99. The molecule has 0 saturated carbocycles. The van der Waals surface area contributed by atoms with Gasteiger partial charge in [0.25, 0.3) is 0 Å². The van der Waals surface area contributed by atoms with Gasteiger partial charge < -0.3 is 14.6 Å². The Kier molecular flexibility index (Phi) is 5.88. The number of likely N-dealkylation sites (tertiary alicyclic amines) is 1. The van der Waals surface area contributed by atoms with E-state index in [0.29, 0.717) is 12.5 Å². The van der Waals surface area contributed by atoms with Crippen LogP contribution in [0.3, 0.4) is 0 Å². The van der Waals surface area contributed by atoms with Gasteiger partial charge in [-0.2, -0.15) is 0 Å². The number of hydrogen-bond donors (Lipinski definition) is 1. The average molecular weight is 293 g/mol. The van der Waals surface area contributed by atoms with Crippen molar-refractivity contribution in [2.24, 2.45) is 5.92 Å². The van der Waals surface area contributed by atoms with Crippen LogP contribution in [0.5, 0.6) is 11.5 Å². The minimum Gasteiger partial charge on any atom is -0.493 e. The van der Waals surface area contributed by atoms with Crippen molar-refractivity contribution in [3.05, 3.63) is 23.8 Å². The number of nitrogens with zero attached hydrogens (tertiary/aromatic N) is 1. The Morgan fingerprint density at radius 1 is 1.29 bits per heavy atom. The molecular weight excluding hydrogens is 266 g/mol. The van der Waals surface area contributed by atoms with E-state index in [-0.39, 0.29) is 6.10 Å². The second kappa shape index (κ2) is 7.66. The third kappa shape index (κ3) is 4.35. The van der Waals surface area contributed by atoms with E-state index in [4.69, 9.17) is 9.47 Å². The number of aliphatic hydroxyl groups excluding tert-OH is 1. The van der Waals surface area contributed by atoms with E-state index in [1.54, 1.807) is 7.11 Å². The Morgan fingerprint density at radius 3 is 2.57 bits per heavy atom. The van der Waals surface area contributed by atoms with Crippen LogP contribution in [0.4, 0.5) is 0 Å². The van der Waals surface area contributed by atoms with Crippen LogP contribution in [0, 0.1) is 5.92 Å². The summed E-state index contributed by atoms with van der Waals surface area (Å²) in [6, 6.07) is 6.07. The molecule has 0 aliphatic carbocycles. The van der Waals surface area contributed by atoms with E-state index in [1.807, 2.05) is 26.0 Å². The molecule has 118 valence electrons. The van der Waals surface area contributed by atoms with E-state index < -0.39 is 0 Å². The Bertz CT molecular complexity index is 440. The van der Waals surface area contributed by atoms with Gasteiger partial charge in [0, 0.05) is 18.7 Å². The van der Waals surface area contributed by atoms with E-state index in [0.717, 1.165) is 44.0 Å². The first kappa shape index (κ1) is 16.1. The molecule has 0 atom stereocenters.